The van der Waals surface area contributed by atoms with Crippen LogP contribution in [0.1, 0.15) is 36.7 Å². The average molecular weight is 370 g/mol. The Balaban J connectivity index is 2.02. The largest absolute Gasteiger partial charge is 0.384 e. The summed E-state index contributed by atoms with van der Waals surface area (Å²) in [4.78, 5) is 40.1. The minimum atomic E-state index is -0.636. The first kappa shape index (κ1) is 18.9. The van der Waals surface area contributed by atoms with E-state index in [0.29, 0.717) is 6.54 Å². The maximum absolute atomic E-state index is 13.0. The summed E-state index contributed by atoms with van der Waals surface area (Å²) in [6, 6.07) is 8.09. The van der Waals surface area contributed by atoms with E-state index < -0.39 is 11.2 Å². The summed E-state index contributed by atoms with van der Waals surface area (Å²) in [5.74, 6) is -0.257. The minimum Gasteiger partial charge on any atom is -0.384 e. The molecule has 2 N–H and O–H groups in total. The Morgan fingerprint density at radius 3 is 2.59 bits per heavy atom. The van der Waals surface area contributed by atoms with Gasteiger partial charge in [-0.3, -0.25) is 18.7 Å². The number of fused-ring (bicyclic) bond motifs is 1. The van der Waals surface area contributed by atoms with E-state index >= 15 is 0 Å². The van der Waals surface area contributed by atoms with Gasteiger partial charge in [0.25, 0.3) is 5.56 Å². The molecule has 3 rings (SSSR count). The molecule has 2 aromatic rings. The molecule has 1 aliphatic heterocycles. The third-order valence-electron chi connectivity index (χ3n) is 5.07. The smallest absolute Gasteiger partial charge is 0.332 e. The van der Waals surface area contributed by atoms with Gasteiger partial charge in [-0.15, -0.1) is 0 Å². The molecule has 1 aromatic carbocycles. The third-order valence-corrected chi connectivity index (χ3v) is 5.07. The number of nitrogen functional groups attached to an aromatic ring is 1. The summed E-state index contributed by atoms with van der Waals surface area (Å²) in [5.41, 5.74) is 7.07. The van der Waals surface area contributed by atoms with Crippen LogP contribution in [0.3, 0.4) is 0 Å². The van der Waals surface area contributed by atoms with Crippen LogP contribution < -0.4 is 21.9 Å². The van der Waals surface area contributed by atoms with Crippen molar-refractivity contribution < 1.29 is 4.79 Å². The Bertz CT molecular complexity index is 1000. The van der Waals surface area contributed by atoms with Crippen molar-refractivity contribution >= 4 is 17.3 Å². The number of para-hydroxylation sites is 1. The second-order valence-corrected chi connectivity index (χ2v) is 7.64. The Labute approximate surface area is 158 Å². The van der Waals surface area contributed by atoms with Crippen molar-refractivity contribution in [2.45, 2.75) is 39.8 Å². The van der Waals surface area contributed by atoms with E-state index in [1.54, 1.807) is 0 Å². The minimum absolute atomic E-state index is 0.0399. The number of rotatable bonds is 5. The average Bonchev–Trinajstić information content (AvgIpc) is 2.92. The fourth-order valence-electron chi connectivity index (χ4n) is 3.69. The lowest BCUT2D eigenvalue weighted by molar-refractivity contribution is 0.0995. The number of carbonyl (C=O) groups excluding carboxylic acids is 1. The van der Waals surface area contributed by atoms with Crippen molar-refractivity contribution in [3.8, 4) is 0 Å². The highest BCUT2D eigenvalue weighted by Gasteiger charge is 2.30. The van der Waals surface area contributed by atoms with Gasteiger partial charge >= 0.3 is 5.69 Å². The van der Waals surface area contributed by atoms with Crippen LogP contribution in [0.2, 0.25) is 0 Å². The summed E-state index contributed by atoms with van der Waals surface area (Å²) in [6.07, 6.45) is 0.851. The van der Waals surface area contributed by atoms with Crippen molar-refractivity contribution in [2.24, 2.45) is 13.0 Å². The SMILES string of the molecule is CC(C)Cn1c(N)c(C(=O)CN2c3ccccc3CC2C)c(=O)n(C)c1=O. The monoisotopic (exact) mass is 370 g/mol. The maximum atomic E-state index is 13.0. The quantitative estimate of drug-likeness (QED) is 0.804. The predicted molar refractivity (Wildman–Crippen MR) is 106 cm³/mol. The van der Waals surface area contributed by atoms with Crippen LogP contribution in [0.15, 0.2) is 33.9 Å². The zero-order chi connectivity index (χ0) is 19.9. The Morgan fingerprint density at radius 2 is 1.93 bits per heavy atom. The van der Waals surface area contributed by atoms with Crippen LogP contribution >= 0.6 is 0 Å². The highest BCUT2D eigenvalue weighted by molar-refractivity contribution is 6.02. The molecular formula is C20H26N4O3. The number of ketones is 1. The van der Waals surface area contributed by atoms with E-state index in [-0.39, 0.29) is 35.7 Å². The molecule has 2 heterocycles. The number of Topliss-reactive ketones (excluding diaryl/α,β-unsaturated/α-hetero) is 1. The highest BCUT2D eigenvalue weighted by atomic mass is 16.2. The first-order chi connectivity index (χ1) is 12.7. The molecule has 27 heavy (non-hydrogen) atoms. The fraction of sp³-hybridized carbons (Fsp3) is 0.450. The summed E-state index contributed by atoms with van der Waals surface area (Å²) < 4.78 is 2.29. The molecule has 0 bridgehead atoms. The van der Waals surface area contributed by atoms with E-state index in [1.807, 2.05) is 43.0 Å². The molecular weight excluding hydrogens is 344 g/mol. The van der Waals surface area contributed by atoms with Crippen molar-refractivity contribution in [1.29, 1.82) is 0 Å². The van der Waals surface area contributed by atoms with Gasteiger partial charge in [0.2, 0.25) is 0 Å². The summed E-state index contributed by atoms with van der Waals surface area (Å²) >= 11 is 0. The zero-order valence-electron chi connectivity index (χ0n) is 16.2. The van der Waals surface area contributed by atoms with Crippen molar-refractivity contribution in [3.05, 3.63) is 56.2 Å². The maximum Gasteiger partial charge on any atom is 0.332 e. The molecule has 144 valence electrons. The lowest BCUT2D eigenvalue weighted by atomic mass is 10.1. The molecule has 0 saturated heterocycles. The van der Waals surface area contributed by atoms with Gasteiger partial charge in [-0.2, -0.15) is 0 Å². The lowest BCUT2D eigenvalue weighted by Crippen LogP contribution is -2.45. The van der Waals surface area contributed by atoms with E-state index in [2.05, 4.69) is 6.92 Å². The van der Waals surface area contributed by atoms with Gasteiger partial charge < -0.3 is 10.6 Å². The Kier molecular flexibility index (Phi) is 4.95. The van der Waals surface area contributed by atoms with Crippen LogP contribution in [-0.4, -0.2) is 27.5 Å². The summed E-state index contributed by atoms with van der Waals surface area (Å²) in [6.45, 7) is 6.34. The number of aromatic nitrogens is 2. The summed E-state index contributed by atoms with van der Waals surface area (Å²) in [5, 5.41) is 0. The van der Waals surface area contributed by atoms with Crippen molar-refractivity contribution in [1.82, 2.24) is 9.13 Å². The highest BCUT2D eigenvalue weighted by Crippen LogP contribution is 2.31. The summed E-state index contributed by atoms with van der Waals surface area (Å²) in [7, 11) is 1.38. The molecule has 0 radical (unpaired) electrons. The first-order valence-electron chi connectivity index (χ1n) is 9.19. The van der Waals surface area contributed by atoms with Crippen LogP contribution in [0.25, 0.3) is 0 Å². The normalized spacial score (nSPS) is 16.0. The first-order valence-corrected chi connectivity index (χ1v) is 9.19. The van der Waals surface area contributed by atoms with Crippen LogP contribution in [0.4, 0.5) is 11.5 Å². The third kappa shape index (κ3) is 3.29. The lowest BCUT2D eigenvalue weighted by Gasteiger charge is -2.24. The number of hydrogen-bond acceptors (Lipinski definition) is 5. The molecule has 0 spiro atoms. The molecule has 1 aliphatic rings. The standard InChI is InChI=1S/C20H26N4O3/c1-12(2)10-24-18(21)17(19(26)22(4)20(24)27)16(25)11-23-13(3)9-14-7-5-6-8-15(14)23/h5-8,12-13H,9-11,21H2,1-4H3. The van der Waals surface area contributed by atoms with Crippen molar-refractivity contribution in [3.63, 3.8) is 0 Å². The Hall–Kier alpha value is -2.83. The van der Waals surface area contributed by atoms with E-state index in [4.69, 9.17) is 5.73 Å². The van der Waals surface area contributed by atoms with E-state index in [1.165, 1.54) is 17.2 Å². The second-order valence-electron chi connectivity index (χ2n) is 7.64. The van der Waals surface area contributed by atoms with Crippen molar-refractivity contribution in [2.75, 3.05) is 17.2 Å². The zero-order valence-corrected chi connectivity index (χ0v) is 16.2. The molecule has 7 nitrogen and oxygen atoms in total. The van der Waals surface area contributed by atoms with Gasteiger partial charge in [0.05, 0.1) is 6.54 Å². The number of anilines is 2. The van der Waals surface area contributed by atoms with Gasteiger partial charge in [0, 0.05) is 25.3 Å². The van der Waals surface area contributed by atoms with Gasteiger partial charge in [0.15, 0.2) is 5.78 Å². The fourth-order valence-corrected chi connectivity index (χ4v) is 3.69. The molecule has 0 aliphatic carbocycles. The molecule has 0 saturated carbocycles. The van der Waals surface area contributed by atoms with E-state index in [0.717, 1.165) is 16.7 Å². The van der Waals surface area contributed by atoms with Gasteiger partial charge in [-0.1, -0.05) is 32.0 Å². The molecule has 7 heteroatoms. The van der Waals surface area contributed by atoms with Gasteiger partial charge in [0.1, 0.15) is 11.4 Å². The van der Waals surface area contributed by atoms with Crippen LogP contribution in [0.5, 0.6) is 0 Å². The van der Waals surface area contributed by atoms with E-state index in [9.17, 15) is 14.4 Å². The number of nitrogens with zero attached hydrogens (tertiary/aromatic N) is 3. The molecule has 0 fully saturated rings. The second kappa shape index (κ2) is 7.06. The number of hydrogen-bond donors (Lipinski definition) is 1. The molecule has 1 atom stereocenters. The van der Waals surface area contributed by atoms with Crippen LogP contribution in [-0.2, 0) is 20.0 Å². The Morgan fingerprint density at radius 1 is 1.26 bits per heavy atom. The number of carbonyl (C=O) groups is 1. The van der Waals surface area contributed by atoms with Gasteiger partial charge in [-0.25, -0.2) is 4.79 Å². The number of nitrogens with two attached hydrogens (primary N) is 1. The van der Waals surface area contributed by atoms with Crippen LogP contribution in [0, 0.1) is 5.92 Å². The molecule has 1 unspecified atom stereocenters. The molecule has 0 amide bonds. The van der Waals surface area contributed by atoms with Gasteiger partial charge in [-0.05, 0) is 30.9 Å². The topological polar surface area (TPSA) is 90.3 Å². The predicted octanol–water partition coefficient (Wildman–Crippen LogP) is 1.42. The number of benzene rings is 1. The molecule has 1 aromatic heterocycles.